The molecule has 2 aromatic heterocycles. The highest BCUT2D eigenvalue weighted by Gasteiger charge is 2.21. The van der Waals surface area contributed by atoms with E-state index in [1.165, 1.54) is 6.33 Å². The number of nitrogens with zero attached hydrogens (tertiary/aromatic N) is 1. The Morgan fingerprint density at radius 1 is 1.14 bits per heavy atom. The second-order valence-corrected chi connectivity index (χ2v) is 6.19. The van der Waals surface area contributed by atoms with Crippen molar-refractivity contribution >= 4 is 17.0 Å². The molecule has 7 heteroatoms. The minimum Gasteiger partial charge on any atom is -0.457 e. The number of hydrogen-bond acceptors (Lipinski definition) is 5. The molecule has 0 radical (unpaired) electrons. The van der Waals surface area contributed by atoms with Crippen molar-refractivity contribution in [3.63, 3.8) is 0 Å². The van der Waals surface area contributed by atoms with Crippen LogP contribution in [-0.4, -0.2) is 15.9 Å². The minimum absolute atomic E-state index is 0.143. The highest BCUT2D eigenvalue weighted by Crippen LogP contribution is 2.23. The van der Waals surface area contributed by atoms with Gasteiger partial charge in [0.05, 0.1) is 11.9 Å². The SMILES string of the molecule is Cc1oc2nc[nH]c(=O)c2c1C(=O)NCc1cccc(Oc2ccccc2)c1. The number of para-hydroxylation sites is 1. The van der Waals surface area contributed by atoms with Gasteiger partial charge < -0.3 is 19.5 Å². The van der Waals surface area contributed by atoms with Gasteiger partial charge in [-0.2, -0.15) is 0 Å². The molecule has 4 rings (SSSR count). The highest BCUT2D eigenvalue weighted by atomic mass is 16.5. The number of aromatic amines is 1. The average Bonchev–Trinajstić information content (AvgIpc) is 3.04. The fourth-order valence-electron chi connectivity index (χ4n) is 2.94. The van der Waals surface area contributed by atoms with Gasteiger partial charge in [0.25, 0.3) is 11.5 Å². The number of benzene rings is 2. The molecule has 7 nitrogen and oxygen atoms in total. The van der Waals surface area contributed by atoms with Gasteiger partial charge in [0.2, 0.25) is 5.71 Å². The number of hydrogen-bond donors (Lipinski definition) is 2. The van der Waals surface area contributed by atoms with Crippen LogP contribution >= 0.6 is 0 Å². The Hall–Kier alpha value is -3.87. The van der Waals surface area contributed by atoms with E-state index >= 15 is 0 Å². The topological polar surface area (TPSA) is 97.2 Å². The van der Waals surface area contributed by atoms with Crippen molar-refractivity contribution in [3.05, 3.63) is 88.2 Å². The first-order chi connectivity index (χ1) is 13.6. The van der Waals surface area contributed by atoms with Crippen LogP contribution in [-0.2, 0) is 6.54 Å². The zero-order valence-electron chi connectivity index (χ0n) is 15.1. The van der Waals surface area contributed by atoms with Crippen molar-refractivity contribution in [3.8, 4) is 11.5 Å². The van der Waals surface area contributed by atoms with Crippen molar-refractivity contribution in [2.24, 2.45) is 0 Å². The maximum absolute atomic E-state index is 12.7. The molecule has 0 saturated heterocycles. The molecule has 28 heavy (non-hydrogen) atoms. The van der Waals surface area contributed by atoms with Gasteiger partial charge in [-0.15, -0.1) is 0 Å². The molecule has 0 aliphatic carbocycles. The molecule has 0 aliphatic heterocycles. The molecule has 2 N–H and O–H groups in total. The molecule has 0 unspecified atom stereocenters. The first-order valence-electron chi connectivity index (χ1n) is 8.68. The molecule has 0 fully saturated rings. The van der Waals surface area contributed by atoms with E-state index in [4.69, 9.17) is 9.15 Å². The number of furan rings is 1. The van der Waals surface area contributed by atoms with Crippen molar-refractivity contribution in [2.45, 2.75) is 13.5 Å². The molecular weight excluding hydrogens is 358 g/mol. The summed E-state index contributed by atoms with van der Waals surface area (Å²) in [5.74, 6) is 1.35. The number of rotatable bonds is 5. The van der Waals surface area contributed by atoms with Crippen LogP contribution < -0.4 is 15.6 Å². The van der Waals surface area contributed by atoms with E-state index in [9.17, 15) is 9.59 Å². The van der Waals surface area contributed by atoms with Crippen molar-refractivity contribution in [2.75, 3.05) is 0 Å². The first kappa shape index (κ1) is 17.5. The van der Waals surface area contributed by atoms with Crippen LogP contribution in [0.5, 0.6) is 11.5 Å². The smallest absolute Gasteiger partial charge is 0.262 e. The number of aromatic nitrogens is 2. The van der Waals surface area contributed by atoms with E-state index in [0.29, 0.717) is 11.5 Å². The molecule has 0 atom stereocenters. The summed E-state index contributed by atoms with van der Waals surface area (Å²) in [6.45, 7) is 1.90. The van der Waals surface area contributed by atoms with E-state index in [1.54, 1.807) is 6.92 Å². The van der Waals surface area contributed by atoms with Crippen molar-refractivity contribution in [1.29, 1.82) is 0 Å². The number of fused-ring (bicyclic) bond motifs is 1. The Morgan fingerprint density at radius 2 is 1.93 bits per heavy atom. The summed E-state index contributed by atoms with van der Waals surface area (Å²) in [4.78, 5) is 31.1. The monoisotopic (exact) mass is 375 g/mol. The van der Waals surface area contributed by atoms with Crippen LogP contribution in [0.15, 0.2) is 70.1 Å². The number of aryl methyl sites for hydroxylation is 1. The molecule has 2 aromatic carbocycles. The first-order valence-corrected chi connectivity index (χ1v) is 8.68. The predicted molar refractivity (Wildman–Crippen MR) is 103 cm³/mol. The minimum atomic E-state index is -0.412. The summed E-state index contributed by atoms with van der Waals surface area (Å²) in [7, 11) is 0. The number of ether oxygens (including phenoxy) is 1. The normalized spacial score (nSPS) is 10.8. The second kappa shape index (κ2) is 7.40. The zero-order chi connectivity index (χ0) is 19.5. The summed E-state index contributed by atoms with van der Waals surface area (Å²) in [6, 6.07) is 16.9. The van der Waals surface area contributed by atoms with Crippen LogP contribution in [0.1, 0.15) is 21.7 Å². The van der Waals surface area contributed by atoms with Gasteiger partial charge in [-0.25, -0.2) is 4.98 Å². The van der Waals surface area contributed by atoms with Gasteiger partial charge in [-0.3, -0.25) is 9.59 Å². The van der Waals surface area contributed by atoms with E-state index in [0.717, 1.165) is 11.3 Å². The average molecular weight is 375 g/mol. The lowest BCUT2D eigenvalue weighted by Gasteiger charge is -2.09. The van der Waals surface area contributed by atoms with Gasteiger partial charge in [0.1, 0.15) is 22.6 Å². The summed E-state index contributed by atoms with van der Waals surface area (Å²) in [6.07, 6.45) is 1.24. The maximum atomic E-state index is 12.7. The fraction of sp³-hybridized carbons (Fsp3) is 0.0952. The third-order valence-electron chi connectivity index (χ3n) is 4.23. The number of carbonyl (C=O) groups excluding carboxylic acids is 1. The molecule has 4 aromatic rings. The molecule has 2 heterocycles. The molecule has 140 valence electrons. The van der Waals surface area contributed by atoms with Crippen LogP contribution in [0, 0.1) is 6.92 Å². The summed E-state index contributed by atoms with van der Waals surface area (Å²) >= 11 is 0. The summed E-state index contributed by atoms with van der Waals surface area (Å²) in [5.41, 5.74) is 0.787. The Bertz CT molecular complexity index is 1200. The number of amides is 1. The largest absolute Gasteiger partial charge is 0.457 e. The van der Waals surface area contributed by atoms with Gasteiger partial charge in [-0.1, -0.05) is 30.3 Å². The van der Waals surface area contributed by atoms with Crippen molar-refractivity contribution in [1.82, 2.24) is 15.3 Å². The third-order valence-corrected chi connectivity index (χ3v) is 4.23. The van der Waals surface area contributed by atoms with Crippen molar-refractivity contribution < 1.29 is 13.9 Å². The number of nitrogens with one attached hydrogen (secondary N) is 2. The Morgan fingerprint density at radius 3 is 2.75 bits per heavy atom. The quantitative estimate of drug-likeness (QED) is 0.556. The summed E-state index contributed by atoms with van der Waals surface area (Å²) in [5, 5.41) is 2.97. The van der Waals surface area contributed by atoms with E-state index in [1.807, 2.05) is 54.6 Å². The molecule has 0 bridgehead atoms. The lowest BCUT2D eigenvalue weighted by Crippen LogP contribution is -2.24. The third kappa shape index (κ3) is 3.50. The number of H-pyrrole nitrogens is 1. The van der Waals surface area contributed by atoms with Crippen LogP contribution in [0.3, 0.4) is 0 Å². The standard InChI is InChI=1S/C21H17N3O4/c1-13-17(18-20(26)23-12-24-21(18)27-13)19(25)22-11-14-6-5-9-16(10-14)28-15-7-3-2-4-8-15/h2-10,12H,11H2,1H3,(H,22,25)(H,23,24,26). The van der Waals surface area contributed by atoms with Crippen LogP contribution in [0.2, 0.25) is 0 Å². The molecule has 0 saturated carbocycles. The van der Waals surface area contributed by atoms with E-state index in [2.05, 4.69) is 15.3 Å². The molecule has 1 amide bonds. The second-order valence-electron chi connectivity index (χ2n) is 6.19. The number of carbonyl (C=O) groups is 1. The maximum Gasteiger partial charge on any atom is 0.262 e. The van der Waals surface area contributed by atoms with Gasteiger partial charge in [0.15, 0.2) is 0 Å². The Kier molecular flexibility index (Phi) is 4.63. The zero-order valence-corrected chi connectivity index (χ0v) is 15.1. The predicted octanol–water partition coefficient (Wildman–Crippen LogP) is 3.55. The fourth-order valence-corrected chi connectivity index (χ4v) is 2.94. The van der Waals surface area contributed by atoms with E-state index in [-0.39, 0.29) is 23.2 Å². The van der Waals surface area contributed by atoms with Gasteiger partial charge >= 0.3 is 0 Å². The Labute approximate surface area is 160 Å². The van der Waals surface area contributed by atoms with Crippen LogP contribution in [0.25, 0.3) is 11.1 Å². The lowest BCUT2D eigenvalue weighted by molar-refractivity contribution is 0.0950. The summed E-state index contributed by atoms with van der Waals surface area (Å²) < 4.78 is 11.2. The Balaban J connectivity index is 1.51. The van der Waals surface area contributed by atoms with Crippen LogP contribution in [0.4, 0.5) is 0 Å². The lowest BCUT2D eigenvalue weighted by atomic mass is 10.1. The molecule has 0 spiro atoms. The molecule has 0 aliphatic rings. The molecular formula is C21H17N3O4. The van der Waals surface area contributed by atoms with E-state index < -0.39 is 11.5 Å². The highest BCUT2D eigenvalue weighted by molar-refractivity contribution is 6.06. The van der Waals surface area contributed by atoms with Gasteiger partial charge in [-0.05, 0) is 36.8 Å². The van der Waals surface area contributed by atoms with Gasteiger partial charge in [0, 0.05) is 6.54 Å².